The topological polar surface area (TPSA) is 41.6 Å². The van der Waals surface area contributed by atoms with Gasteiger partial charge in [0, 0.05) is 24.2 Å². The molecule has 0 aromatic heterocycles. The van der Waals surface area contributed by atoms with Crippen LogP contribution in [-0.4, -0.2) is 36.0 Å². The maximum atomic E-state index is 12.6. The molecule has 0 saturated carbocycles. The van der Waals surface area contributed by atoms with Gasteiger partial charge in [-0.25, -0.2) is 0 Å². The third-order valence-corrected chi connectivity index (χ3v) is 5.86. The van der Waals surface area contributed by atoms with Gasteiger partial charge in [0.05, 0.1) is 5.02 Å². The molecule has 2 aromatic rings. The molecule has 0 spiro atoms. The van der Waals surface area contributed by atoms with Crippen LogP contribution in [0, 0.1) is 5.92 Å². The zero-order chi connectivity index (χ0) is 18.1. The Kier molecular flexibility index (Phi) is 4.88. The second-order valence-electron chi connectivity index (χ2n) is 7.27. The van der Waals surface area contributed by atoms with Gasteiger partial charge < -0.3 is 10.1 Å². The van der Waals surface area contributed by atoms with E-state index in [9.17, 15) is 4.79 Å². The second kappa shape index (κ2) is 7.29. The number of fused-ring (bicyclic) bond motifs is 3. The molecule has 0 aliphatic carbocycles. The van der Waals surface area contributed by atoms with Crippen LogP contribution in [0.3, 0.4) is 0 Å². The summed E-state index contributed by atoms with van der Waals surface area (Å²) < 4.78 is 5.78. The number of halogens is 1. The predicted molar refractivity (Wildman–Crippen MR) is 103 cm³/mol. The van der Waals surface area contributed by atoms with Gasteiger partial charge in [-0.15, -0.1) is 0 Å². The van der Waals surface area contributed by atoms with E-state index in [0.717, 1.165) is 13.1 Å². The van der Waals surface area contributed by atoms with Crippen LogP contribution in [0.5, 0.6) is 11.5 Å². The lowest BCUT2D eigenvalue weighted by atomic mass is 9.80. The van der Waals surface area contributed by atoms with Gasteiger partial charge in [-0.2, -0.15) is 0 Å². The number of nitrogens with zero attached hydrogens (tertiary/aromatic N) is 1. The van der Waals surface area contributed by atoms with Crippen LogP contribution < -0.4 is 10.1 Å². The summed E-state index contributed by atoms with van der Waals surface area (Å²) in [5, 5.41) is 3.78. The summed E-state index contributed by atoms with van der Waals surface area (Å²) in [5.74, 6) is 1.85. The van der Waals surface area contributed by atoms with E-state index in [0.29, 0.717) is 34.0 Å². The van der Waals surface area contributed by atoms with Crippen molar-refractivity contribution in [2.24, 2.45) is 5.92 Å². The number of carbonyl (C=O) groups excluding carboxylic acids is 1. The number of ether oxygens (including phenoxy) is 1. The first kappa shape index (κ1) is 17.4. The Balaban J connectivity index is 1.39. The highest BCUT2D eigenvalue weighted by atomic mass is 35.5. The van der Waals surface area contributed by atoms with Crippen molar-refractivity contribution in [3.8, 4) is 11.5 Å². The van der Waals surface area contributed by atoms with Gasteiger partial charge in [-0.1, -0.05) is 23.7 Å². The fourth-order valence-corrected chi connectivity index (χ4v) is 4.21. The lowest BCUT2D eigenvalue weighted by molar-refractivity contribution is 0.0274. The molecule has 3 saturated heterocycles. The molecule has 5 rings (SSSR count). The minimum absolute atomic E-state index is 0.0132. The minimum Gasteiger partial charge on any atom is -0.456 e. The fraction of sp³-hybridized carbons (Fsp3) is 0.381. The lowest BCUT2D eigenvalue weighted by Gasteiger charge is -2.48. The summed E-state index contributed by atoms with van der Waals surface area (Å²) >= 11 is 6.11. The van der Waals surface area contributed by atoms with Gasteiger partial charge in [0.2, 0.25) is 0 Å². The van der Waals surface area contributed by atoms with Crippen LogP contribution in [0.25, 0.3) is 0 Å². The quantitative estimate of drug-likeness (QED) is 0.870. The van der Waals surface area contributed by atoms with E-state index < -0.39 is 0 Å². The summed E-state index contributed by atoms with van der Waals surface area (Å²) in [6.45, 7) is 4.40. The molecular formula is C21H23ClN2O2. The van der Waals surface area contributed by atoms with Crippen molar-refractivity contribution in [2.75, 3.05) is 13.1 Å². The predicted octanol–water partition coefficient (Wildman–Crippen LogP) is 4.34. The molecule has 3 aliphatic heterocycles. The summed E-state index contributed by atoms with van der Waals surface area (Å²) in [6.07, 6.45) is 2.36. The standard InChI is InChI=1S/C21H23ClN2O2/c1-14-12-16-10-11-24(14)13-19(16)23-21(25)15-6-8-17(9-7-15)26-20-5-3-2-4-18(20)22/h2-9,14,16,19H,10-13H2,1H3,(H,23,25). The van der Waals surface area contributed by atoms with Crippen molar-refractivity contribution >= 4 is 17.5 Å². The first-order valence-corrected chi connectivity index (χ1v) is 9.55. The number of carbonyl (C=O) groups is 1. The average Bonchev–Trinajstić information content (AvgIpc) is 2.65. The zero-order valence-corrected chi connectivity index (χ0v) is 15.6. The number of piperidine rings is 3. The molecule has 1 amide bonds. The maximum Gasteiger partial charge on any atom is 0.251 e. The Labute approximate surface area is 159 Å². The number of hydrogen-bond donors (Lipinski definition) is 1. The molecule has 4 atom stereocenters. The molecular weight excluding hydrogens is 348 g/mol. The molecule has 3 aliphatic rings. The van der Waals surface area contributed by atoms with Crippen LogP contribution in [0.15, 0.2) is 48.5 Å². The van der Waals surface area contributed by atoms with Gasteiger partial charge in [-0.05, 0) is 68.6 Å². The van der Waals surface area contributed by atoms with Gasteiger partial charge >= 0.3 is 0 Å². The van der Waals surface area contributed by atoms with E-state index in [1.165, 1.54) is 12.8 Å². The average molecular weight is 371 g/mol. The van der Waals surface area contributed by atoms with E-state index >= 15 is 0 Å². The number of nitrogens with one attached hydrogen (secondary N) is 1. The first-order chi connectivity index (χ1) is 12.6. The van der Waals surface area contributed by atoms with Crippen LogP contribution in [0.2, 0.25) is 5.02 Å². The number of rotatable bonds is 4. The molecule has 0 radical (unpaired) electrons. The van der Waals surface area contributed by atoms with E-state index in [1.54, 1.807) is 30.3 Å². The summed E-state index contributed by atoms with van der Waals surface area (Å²) in [5.41, 5.74) is 0.654. The minimum atomic E-state index is -0.0132. The smallest absolute Gasteiger partial charge is 0.251 e. The highest BCUT2D eigenvalue weighted by Gasteiger charge is 2.38. The SMILES string of the molecule is CC1CC2CCN1CC2NC(=O)c1ccc(Oc2ccccc2Cl)cc1. The third kappa shape index (κ3) is 3.57. The summed E-state index contributed by atoms with van der Waals surface area (Å²) in [7, 11) is 0. The van der Waals surface area contributed by atoms with Crippen LogP contribution in [0.1, 0.15) is 30.1 Å². The Bertz CT molecular complexity index is 793. The normalized spacial score (nSPS) is 27.2. The molecule has 26 heavy (non-hydrogen) atoms. The molecule has 2 aromatic carbocycles. The zero-order valence-electron chi connectivity index (χ0n) is 14.8. The van der Waals surface area contributed by atoms with Gasteiger partial charge in [-0.3, -0.25) is 9.69 Å². The first-order valence-electron chi connectivity index (χ1n) is 9.17. The van der Waals surface area contributed by atoms with E-state index in [1.807, 2.05) is 18.2 Å². The van der Waals surface area contributed by atoms with Gasteiger partial charge in [0.1, 0.15) is 11.5 Å². The Morgan fingerprint density at radius 2 is 1.96 bits per heavy atom. The largest absolute Gasteiger partial charge is 0.456 e. The van der Waals surface area contributed by atoms with E-state index in [2.05, 4.69) is 17.1 Å². The molecule has 3 fully saturated rings. The molecule has 2 bridgehead atoms. The Morgan fingerprint density at radius 1 is 1.19 bits per heavy atom. The van der Waals surface area contributed by atoms with Gasteiger partial charge in [0.25, 0.3) is 5.91 Å². The number of hydrogen-bond acceptors (Lipinski definition) is 3. The van der Waals surface area contributed by atoms with Crippen LogP contribution in [0.4, 0.5) is 0 Å². The summed E-state index contributed by atoms with van der Waals surface area (Å²) in [6, 6.07) is 15.4. The van der Waals surface area contributed by atoms with Gasteiger partial charge in [0.15, 0.2) is 0 Å². The van der Waals surface area contributed by atoms with Crippen molar-refractivity contribution in [1.29, 1.82) is 0 Å². The van der Waals surface area contributed by atoms with Crippen molar-refractivity contribution in [3.63, 3.8) is 0 Å². The molecule has 5 heteroatoms. The fourth-order valence-electron chi connectivity index (χ4n) is 4.04. The van der Waals surface area contributed by atoms with Crippen LogP contribution in [-0.2, 0) is 0 Å². The van der Waals surface area contributed by atoms with Crippen LogP contribution >= 0.6 is 11.6 Å². The maximum absolute atomic E-state index is 12.6. The highest BCUT2D eigenvalue weighted by molar-refractivity contribution is 6.32. The lowest BCUT2D eigenvalue weighted by Crippen LogP contribution is -2.60. The molecule has 4 unspecified atom stereocenters. The molecule has 1 N–H and O–H groups in total. The van der Waals surface area contributed by atoms with Crippen molar-refractivity contribution in [2.45, 2.75) is 31.8 Å². The monoisotopic (exact) mass is 370 g/mol. The van der Waals surface area contributed by atoms with Crippen molar-refractivity contribution < 1.29 is 9.53 Å². The van der Waals surface area contributed by atoms with Crippen molar-refractivity contribution in [3.05, 3.63) is 59.1 Å². The Morgan fingerprint density at radius 3 is 2.62 bits per heavy atom. The summed E-state index contributed by atoms with van der Waals surface area (Å²) in [4.78, 5) is 15.1. The molecule has 3 heterocycles. The highest BCUT2D eigenvalue weighted by Crippen LogP contribution is 2.32. The Hall–Kier alpha value is -2.04. The number of para-hydroxylation sites is 1. The molecule has 136 valence electrons. The number of amides is 1. The molecule has 4 nitrogen and oxygen atoms in total. The van der Waals surface area contributed by atoms with E-state index in [4.69, 9.17) is 16.3 Å². The van der Waals surface area contributed by atoms with Crippen molar-refractivity contribution in [1.82, 2.24) is 10.2 Å². The third-order valence-electron chi connectivity index (χ3n) is 5.55. The second-order valence-corrected chi connectivity index (χ2v) is 7.67. The van der Waals surface area contributed by atoms with E-state index in [-0.39, 0.29) is 11.9 Å². The number of benzene rings is 2.